The van der Waals surface area contributed by atoms with Gasteiger partial charge in [0.15, 0.2) is 0 Å². The summed E-state index contributed by atoms with van der Waals surface area (Å²) in [5.74, 6) is 0.400. The molecule has 8 heteroatoms. The van der Waals surface area contributed by atoms with Crippen molar-refractivity contribution in [3.05, 3.63) is 54.1 Å². The van der Waals surface area contributed by atoms with Crippen molar-refractivity contribution in [2.24, 2.45) is 5.73 Å². The number of nitrogens with two attached hydrogens (primary N) is 1. The first-order valence-electron chi connectivity index (χ1n) is 9.09. The summed E-state index contributed by atoms with van der Waals surface area (Å²) in [7, 11) is -1.14. The number of amides is 1. The summed E-state index contributed by atoms with van der Waals surface area (Å²) < 4.78 is 22.2. The molecule has 1 heterocycles. The number of primary amides is 1. The van der Waals surface area contributed by atoms with Gasteiger partial charge in [-0.05, 0) is 25.2 Å². The Morgan fingerprint density at radius 2 is 2.07 bits per heavy atom. The van der Waals surface area contributed by atoms with Crippen LogP contribution < -0.4 is 10.8 Å². The highest BCUT2D eigenvalue weighted by molar-refractivity contribution is 7.72. The maximum Gasteiger partial charge on any atom is 0.253 e. The van der Waals surface area contributed by atoms with E-state index in [1.807, 2.05) is 47.9 Å². The first-order chi connectivity index (χ1) is 13.5. The average Bonchev–Trinajstić information content (AvgIpc) is 3.02. The molecule has 3 aromatic rings. The Labute approximate surface area is 164 Å². The second kappa shape index (κ2) is 9.24. The minimum Gasteiger partial charge on any atom is -0.380 e. The van der Waals surface area contributed by atoms with E-state index in [-0.39, 0.29) is 11.5 Å². The van der Waals surface area contributed by atoms with Crippen molar-refractivity contribution in [1.82, 2.24) is 14.6 Å². The van der Waals surface area contributed by atoms with Crippen LogP contribution in [0.3, 0.4) is 0 Å². The van der Waals surface area contributed by atoms with E-state index in [1.165, 1.54) is 6.07 Å². The van der Waals surface area contributed by atoms with Crippen molar-refractivity contribution >= 4 is 24.8 Å². The molecule has 28 heavy (non-hydrogen) atoms. The molecule has 6 nitrogen and oxygen atoms in total. The van der Waals surface area contributed by atoms with Crippen LogP contribution in [0.25, 0.3) is 22.2 Å². The van der Waals surface area contributed by atoms with Gasteiger partial charge in [0, 0.05) is 24.8 Å². The van der Waals surface area contributed by atoms with Crippen LogP contribution in [0.1, 0.15) is 12.7 Å². The molecule has 0 aliphatic rings. The lowest BCUT2D eigenvalue weighted by atomic mass is 10.0. The van der Waals surface area contributed by atoms with Gasteiger partial charge in [0.1, 0.15) is 11.6 Å². The largest absolute Gasteiger partial charge is 0.380 e. The summed E-state index contributed by atoms with van der Waals surface area (Å²) in [5.41, 5.74) is 7.72. The van der Waals surface area contributed by atoms with E-state index in [4.69, 9.17) is 10.5 Å². The van der Waals surface area contributed by atoms with Crippen LogP contribution in [0.15, 0.2) is 42.5 Å². The molecular weight excluding hydrogens is 378 g/mol. The molecule has 0 radical (unpaired) electrons. The molecule has 0 bridgehead atoms. The van der Waals surface area contributed by atoms with Crippen LogP contribution in [-0.4, -0.2) is 35.1 Å². The van der Waals surface area contributed by atoms with Crippen LogP contribution in [0.5, 0.6) is 0 Å². The lowest BCUT2D eigenvalue weighted by molar-refractivity contribution is 0.139. The second-order valence-electron chi connectivity index (χ2n) is 6.30. The highest BCUT2D eigenvalue weighted by atomic mass is 31.1. The number of hydrogen-bond acceptors (Lipinski definition) is 4. The topological polar surface area (TPSA) is 82.2 Å². The summed E-state index contributed by atoms with van der Waals surface area (Å²) >= 11 is 0. The van der Waals surface area contributed by atoms with Crippen LogP contribution in [0.2, 0.25) is 0 Å². The third kappa shape index (κ3) is 4.55. The van der Waals surface area contributed by atoms with Gasteiger partial charge in [-0.1, -0.05) is 30.3 Å². The molecular formula is C20H24FN4O2P. The lowest BCUT2D eigenvalue weighted by Gasteiger charge is -2.13. The first-order valence-corrected chi connectivity index (χ1v) is 10.9. The standard InChI is InChI=1S/C20H24FN4O2P/c1-3-27-10-9-25-18-11-15(14-7-5-4-6-8-14)16(21)12-17(18)24-19(25)13-23-28(2)20(22)26/h4-8,11-12,23H,3,9-10,13H2,1-2H3,(H2,22,26). The maximum absolute atomic E-state index is 14.7. The highest BCUT2D eigenvalue weighted by Gasteiger charge is 2.16. The average molecular weight is 402 g/mol. The molecule has 1 atom stereocenters. The summed E-state index contributed by atoms with van der Waals surface area (Å²) in [5, 5.41) is 3.12. The molecule has 1 amide bonds. The second-order valence-corrected chi connectivity index (χ2v) is 8.17. The van der Waals surface area contributed by atoms with E-state index in [1.54, 1.807) is 6.66 Å². The molecule has 0 aliphatic carbocycles. The Hall–Kier alpha value is -2.34. The molecule has 3 N–H and O–H groups in total. The molecule has 3 rings (SSSR count). The van der Waals surface area contributed by atoms with Gasteiger partial charge in [0.05, 0.1) is 32.3 Å². The fourth-order valence-electron chi connectivity index (χ4n) is 2.99. The number of hydrogen-bond donors (Lipinski definition) is 2. The number of aromatic nitrogens is 2. The molecule has 148 valence electrons. The zero-order chi connectivity index (χ0) is 20.1. The number of rotatable bonds is 9. The highest BCUT2D eigenvalue weighted by Crippen LogP contribution is 2.29. The van der Waals surface area contributed by atoms with Gasteiger partial charge in [-0.25, -0.2) is 9.37 Å². The van der Waals surface area contributed by atoms with Gasteiger partial charge < -0.3 is 15.0 Å². The Bertz CT molecular complexity index is 962. The van der Waals surface area contributed by atoms with Gasteiger partial charge in [0.25, 0.3) is 5.65 Å². The number of halogens is 1. The molecule has 0 spiro atoms. The molecule has 0 saturated carbocycles. The van der Waals surface area contributed by atoms with Crippen molar-refractivity contribution in [3.8, 4) is 11.1 Å². The third-order valence-electron chi connectivity index (χ3n) is 4.47. The number of ether oxygens (including phenoxy) is 1. The van der Waals surface area contributed by atoms with Crippen LogP contribution in [0.4, 0.5) is 9.18 Å². The quantitative estimate of drug-likeness (QED) is 0.418. The molecule has 0 aliphatic heterocycles. The summed E-state index contributed by atoms with van der Waals surface area (Å²) in [6.07, 6.45) is 0. The summed E-state index contributed by atoms with van der Waals surface area (Å²) in [6.45, 7) is 5.79. The molecule has 1 unspecified atom stereocenters. The Morgan fingerprint density at radius 1 is 1.32 bits per heavy atom. The monoisotopic (exact) mass is 402 g/mol. The van der Waals surface area contributed by atoms with E-state index in [9.17, 15) is 9.18 Å². The zero-order valence-electron chi connectivity index (χ0n) is 16.0. The van der Waals surface area contributed by atoms with Crippen molar-refractivity contribution in [3.63, 3.8) is 0 Å². The smallest absolute Gasteiger partial charge is 0.253 e. The molecule has 1 aromatic heterocycles. The predicted octanol–water partition coefficient (Wildman–Crippen LogP) is 4.07. The molecule has 2 aromatic carbocycles. The Balaban J connectivity index is 2.02. The minimum absolute atomic E-state index is 0.317. The summed E-state index contributed by atoms with van der Waals surface area (Å²) in [4.78, 5) is 15.9. The van der Waals surface area contributed by atoms with E-state index in [0.717, 1.165) is 16.9 Å². The predicted molar refractivity (Wildman–Crippen MR) is 111 cm³/mol. The fourth-order valence-corrected chi connectivity index (χ4v) is 3.52. The number of nitrogens with one attached hydrogen (secondary N) is 1. The third-order valence-corrected chi connectivity index (χ3v) is 5.76. The van der Waals surface area contributed by atoms with E-state index in [0.29, 0.717) is 37.4 Å². The fraction of sp³-hybridized carbons (Fsp3) is 0.300. The van der Waals surface area contributed by atoms with Crippen LogP contribution >= 0.6 is 8.07 Å². The number of imidazole rings is 1. The summed E-state index contributed by atoms with van der Waals surface area (Å²) in [6, 6.07) is 12.7. The van der Waals surface area contributed by atoms with Crippen LogP contribution in [0, 0.1) is 5.82 Å². The van der Waals surface area contributed by atoms with Gasteiger partial charge in [0.2, 0.25) is 0 Å². The lowest BCUT2D eigenvalue weighted by Crippen LogP contribution is -2.19. The number of carbonyl (C=O) groups excluding carboxylic acids is 1. The first kappa shape index (κ1) is 20.4. The van der Waals surface area contributed by atoms with Crippen molar-refractivity contribution in [1.29, 1.82) is 0 Å². The number of carbonyl (C=O) groups is 1. The molecule has 0 saturated heterocycles. The van der Waals surface area contributed by atoms with E-state index < -0.39 is 8.07 Å². The number of fused-ring (bicyclic) bond motifs is 1. The van der Waals surface area contributed by atoms with Crippen LogP contribution in [-0.2, 0) is 17.8 Å². The maximum atomic E-state index is 14.7. The number of nitrogens with zero attached hydrogens (tertiary/aromatic N) is 2. The minimum atomic E-state index is -1.14. The zero-order valence-corrected chi connectivity index (χ0v) is 16.9. The molecule has 0 fully saturated rings. The normalized spacial score (nSPS) is 12.4. The van der Waals surface area contributed by atoms with Crippen molar-refractivity contribution < 1.29 is 13.9 Å². The van der Waals surface area contributed by atoms with Crippen molar-refractivity contribution in [2.75, 3.05) is 19.9 Å². The van der Waals surface area contributed by atoms with Gasteiger partial charge in [-0.15, -0.1) is 0 Å². The van der Waals surface area contributed by atoms with Gasteiger partial charge in [-0.2, -0.15) is 0 Å². The number of benzene rings is 2. The van der Waals surface area contributed by atoms with E-state index in [2.05, 4.69) is 10.1 Å². The Morgan fingerprint density at radius 3 is 2.75 bits per heavy atom. The van der Waals surface area contributed by atoms with E-state index >= 15 is 0 Å². The van der Waals surface area contributed by atoms with Gasteiger partial charge in [-0.3, -0.25) is 9.88 Å². The SMILES string of the molecule is CCOCCn1c(CNP(C)C(N)=O)nc2cc(F)c(-c3ccccc3)cc21. The van der Waals surface area contributed by atoms with Crippen molar-refractivity contribution in [2.45, 2.75) is 20.0 Å². The Kier molecular flexibility index (Phi) is 6.73. The van der Waals surface area contributed by atoms with Gasteiger partial charge >= 0.3 is 0 Å².